The van der Waals surface area contributed by atoms with Crippen molar-refractivity contribution in [2.75, 3.05) is 11.9 Å². The zero-order chi connectivity index (χ0) is 10.7. The summed E-state index contributed by atoms with van der Waals surface area (Å²) in [5, 5.41) is 1.23. The first-order valence-electron chi connectivity index (χ1n) is 5.59. The Bertz CT molecular complexity index is 328. The van der Waals surface area contributed by atoms with Gasteiger partial charge in [-0.05, 0) is 25.0 Å². The van der Waals surface area contributed by atoms with Gasteiger partial charge < -0.3 is 4.90 Å². The maximum Gasteiger partial charge on any atom is 0.160 e. The van der Waals surface area contributed by atoms with Crippen LogP contribution in [0.2, 0.25) is 0 Å². The Balaban J connectivity index is 2.05. The number of anilines is 1. The highest BCUT2D eigenvalue weighted by Crippen LogP contribution is 2.30. The van der Waals surface area contributed by atoms with E-state index >= 15 is 0 Å². The van der Waals surface area contributed by atoms with Gasteiger partial charge in [0.25, 0.3) is 0 Å². The van der Waals surface area contributed by atoms with E-state index < -0.39 is 0 Å². The zero-order valence-corrected chi connectivity index (χ0v) is 9.93. The lowest BCUT2D eigenvalue weighted by molar-refractivity contribution is 0.112. The smallest absolute Gasteiger partial charge is 0.160 e. The summed E-state index contributed by atoms with van der Waals surface area (Å²) in [5.41, 5.74) is 0. The molecule has 2 rings (SSSR count). The molecule has 0 saturated heterocycles. The molecule has 1 aromatic rings. The third kappa shape index (κ3) is 2.40. The Kier molecular flexibility index (Phi) is 3.41. The Morgan fingerprint density at radius 3 is 2.67 bits per heavy atom. The maximum absolute atomic E-state index is 10.6. The van der Waals surface area contributed by atoms with E-state index in [0.29, 0.717) is 6.04 Å². The third-order valence-corrected chi connectivity index (χ3v) is 4.30. The van der Waals surface area contributed by atoms with Crippen LogP contribution in [0.4, 0.5) is 5.00 Å². The van der Waals surface area contributed by atoms with Gasteiger partial charge in [-0.15, -0.1) is 11.3 Å². The Morgan fingerprint density at radius 2 is 2.07 bits per heavy atom. The first kappa shape index (κ1) is 10.7. The molecule has 15 heavy (non-hydrogen) atoms. The van der Waals surface area contributed by atoms with Crippen LogP contribution in [0.3, 0.4) is 0 Å². The molecule has 0 bridgehead atoms. The van der Waals surface area contributed by atoms with Crippen LogP contribution in [-0.2, 0) is 0 Å². The molecule has 1 aliphatic rings. The van der Waals surface area contributed by atoms with Gasteiger partial charge in [-0.1, -0.05) is 19.3 Å². The molecular weight excluding hydrogens is 206 g/mol. The fraction of sp³-hybridized carbons (Fsp3) is 0.583. The SMILES string of the molecule is CN(c1ccc(C=O)s1)C1CCCCC1. The number of nitrogens with zero attached hydrogens (tertiary/aromatic N) is 1. The van der Waals surface area contributed by atoms with Gasteiger partial charge >= 0.3 is 0 Å². The van der Waals surface area contributed by atoms with Crippen molar-refractivity contribution in [3.63, 3.8) is 0 Å². The van der Waals surface area contributed by atoms with E-state index in [4.69, 9.17) is 0 Å². The van der Waals surface area contributed by atoms with E-state index in [9.17, 15) is 4.79 Å². The lowest BCUT2D eigenvalue weighted by atomic mass is 9.95. The van der Waals surface area contributed by atoms with Gasteiger partial charge in [-0.25, -0.2) is 0 Å². The van der Waals surface area contributed by atoms with Crippen LogP contribution in [0.5, 0.6) is 0 Å². The summed E-state index contributed by atoms with van der Waals surface area (Å²) in [5.74, 6) is 0. The van der Waals surface area contributed by atoms with Crippen molar-refractivity contribution in [2.24, 2.45) is 0 Å². The quantitative estimate of drug-likeness (QED) is 0.733. The number of carbonyl (C=O) groups excluding carboxylic acids is 1. The predicted octanol–water partition coefficient (Wildman–Crippen LogP) is 3.33. The van der Waals surface area contributed by atoms with E-state index in [0.717, 1.165) is 11.2 Å². The van der Waals surface area contributed by atoms with Crippen molar-refractivity contribution in [1.29, 1.82) is 0 Å². The minimum absolute atomic E-state index is 0.678. The minimum Gasteiger partial charge on any atom is -0.364 e. The molecule has 1 heterocycles. The molecule has 0 unspecified atom stereocenters. The maximum atomic E-state index is 10.6. The number of hydrogen-bond acceptors (Lipinski definition) is 3. The van der Waals surface area contributed by atoms with Crippen LogP contribution in [0.1, 0.15) is 41.8 Å². The van der Waals surface area contributed by atoms with Crippen LogP contribution < -0.4 is 4.90 Å². The second-order valence-electron chi connectivity index (χ2n) is 4.20. The van der Waals surface area contributed by atoms with Gasteiger partial charge in [0.1, 0.15) is 0 Å². The number of thiophene rings is 1. The van der Waals surface area contributed by atoms with Gasteiger partial charge in [0.05, 0.1) is 9.88 Å². The molecule has 0 amide bonds. The van der Waals surface area contributed by atoms with Crippen LogP contribution in [-0.4, -0.2) is 19.4 Å². The molecule has 2 nitrogen and oxygen atoms in total. The van der Waals surface area contributed by atoms with Crippen LogP contribution in [0.15, 0.2) is 12.1 Å². The average Bonchev–Trinajstić information content (AvgIpc) is 2.78. The fourth-order valence-electron chi connectivity index (χ4n) is 2.24. The lowest BCUT2D eigenvalue weighted by Crippen LogP contribution is -2.32. The van der Waals surface area contributed by atoms with Crippen LogP contribution in [0.25, 0.3) is 0 Å². The predicted molar refractivity (Wildman–Crippen MR) is 65.0 cm³/mol. The Labute approximate surface area is 94.9 Å². The molecule has 0 atom stereocenters. The van der Waals surface area contributed by atoms with E-state index in [1.807, 2.05) is 6.07 Å². The number of hydrogen-bond donors (Lipinski definition) is 0. The van der Waals surface area contributed by atoms with Gasteiger partial charge in [0.2, 0.25) is 0 Å². The highest BCUT2D eigenvalue weighted by atomic mass is 32.1. The monoisotopic (exact) mass is 223 g/mol. The Hall–Kier alpha value is -0.830. The average molecular weight is 223 g/mol. The first-order valence-corrected chi connectivity index (χ1v) is 6.41. The summed E-state index contributed by atoms with van der Waals surface area (Å²) < 4.78 is 0. The van der Waals surface area contributed by atoms with Gasteiger partial charge in [-0.2, -0.15) is 0 Å². The molecule has 0 aromatic carbocycles. The number of carbonyl (C=O) groups is 1. The summed E-state index contributed by atoms with van der Waals surface area (Å²) in [7, 11) is 2.15. The van der Waals surface area contributed by atoms with Gasteiger partial charge in [0, 0.05) is 13.1 Å². The number of aldehydes is 1. The van der Waals surface area contributed by atoms with Crippen LogP contribution in [0, 0.1) is 0 Å². The molecule has 1 aromatic heterocycles. The molecule has 0 N–H and O–H groups in total. The van der Waals surface area contributed by atoms with Gasteiger partial charge in [0.15, 0.2) is 6.29 Å². The highest BCUT2D eigenvalue weighted by molar-refractivity contribution is 7.17. The third-order valence-electron chi connectivity index (χ3n) is 3.20. The summed E-state index contributed by atoms with van der Waals surface area (Å²) in [6, 6.07) is 4.65. The highest BCUT2D eigenvalue weighted by Gasteiger charge is 2.19. The van der Waals surface area contributed by atoms with Gasteiger partial charge in [-0.3, -0.25) is 4.79 Å². The summed E-state index contributed by atoms with van der Waals surface area (Å²) in [6.07, 6.45) is 7.61. The Morgan fingerprint density at radius 1 is 1.33 bits per heavy atom. The molecule has 3 heteroatoms. The molecule has 1 fully saturated rings. The van der Waals surface area contributed by atoms with Crippen molar-refractivity contribution >= 4 is 22.6 Å². The second kappa shape index (κ2) is 4.79. The molecule has 0 radical (unpaired) electrons. The van der Waals surface area contributed by atoms with E-state index in [2.05, 4.69) is 18.0 Å². The molecule has 1 aliphatic carbocycles. The van der Waals surface area contributed by atoms with E-state index in [1.165, 1.54) is 37.1 Å². The summed E-state index contributed by atoms with van der Waals surface area (Å²) in [4.78, 5) is 13.8. The van der Waals surface area contributed by atoms with Crippen molar-refractivity contribution in [2.45, 2.75) is 38.1 Å². The van der Waals surface area contributed by atoms with Crippen molar-refractivity contribution in [1.82, 2.24) is 0 Å². The molecule has 0 spiro atoms. The largest absolute Gasteiger partial charge is 0.364 e. The topological polar surface area (TPSA) is 20.3 Å². The van der Waals surface area contributed by atoms with Crippen molar-refractivity contribution < 1.29 is 4.79 Å². The van der Waals surface area contributed by atoms with E-state index in [1.54, 1.807) is 11.3 Å². The molecule has 82 valence electrons. The normalized spacial score (nSPS) is 17.7. The fourth-order valence-corrected chi connectivity index (χ4v) is 3.10. The van der Waals surface area contributed by atoms with Crippen molar-refractivity contribution in [3.8, 4) is 0 Å². The molecule has 0 aliphatic heterocycles. The second-order valence-corrected chi connectivity index (χ2v) is 5.29. The van der Waals surface area contributed by atoms with Crippen LogP contribution >= 0.6 is 11.3 Å². The first-order chi connectivity index (χ1) is 7.31. The van der Waals surface area contributed by atoms with E-state index in [-0.39, 0.29) is 0 Å². The summed E-state index contributed by atoms with van der Waals surface area (Å²) >= 11 is 1.59. The minimum atomic E-state index is 0.678. The summed E-state index contributed by atoms with van der Waals surface area (Å²) in [6.45, 7) is 0. The zero-order valence-electron chi connectivity index (χ0n) is 9.11. The molecule has 1 saturated carbocycles. The standard InChI is InChI=1S/C12H17NOS/c1-13(10-5-3-2-4-6-10)12-8-7-11(9-14)15-12/h7-10H,2-6H2,1H3. The number of rotatable bonds is 3. The van der Waals surface area contributed by atoms with Crippen molar-refractivity contribution in [3.05, 3.63) is 17.0 Å². The molecular formula is C12H17NOS. The lowest BCUT2D eigenvalue weighted by Gasteiger charge is -2.31.